The number of fused-ring (bicyclic) bond motifs is 1. The average molecular weight is 443 g/mol. The molecule has 0 saturated heterocycles. The lowest BCUT2D eigenvalue weighted by atomic mass is 10.2. The zero-order valence-electron chi connectivity index (χ0n) is 16.0. The topological polar surface area (TPSA) is 80.7 Å². The molecule has 0 amide bonds. The highest BCUT2D eigenvalue weighted by molar-refractivity contribution is 7.20. The van der Waals surface area contributed by atoms with Crippen molar-refractivity contribution in [1.29, 1.82) is 5.26 Å². The van der Waals surface area contributed by atoms with Crippen molar-refractivity contribution in [2.24, 2.45) is 0 Å². The number of hydrogen-bond acceptors (Lipinski definition) is 5. The first-order valence-corrected chi connectivity index (χ1v) is 9.96. The minimum absolute atomic E-state index is 0.0323. The van der Waals surface area contributed by atoms with Crippen LogP contribution >= 0.6 is 22.9 Å². The Bertz CT molecular complexity index is 1370. The Labute approximate surface area is 180 Å². The summed E-state index contributed by atoms with van der Waals surface area (Å²) in [5.74, 6) is -0.941. The summed E-state index contributed by atoms with van der Waals surface area (Å²) in [7, 11) is 0. The summed E-state index contributed by atoms with van der Waals surface area (Å²) in [6.45, 7) is 9.08. The third-order valence-corrected chi connectivity index (χ3v) is 5.66. The number of aromatic nitrogens is 3. The van der Waals surface area contributed by atoms with Crippen molar-refractivity contribution in [2.75, 3.05) is 0 Å². The molecule has 0 aromatic carbocycles. The molecule has 0 fully saturated rings. The summed E-state index contributed by atoms with van der Waals surface area (Å²) < 4.78 is 16.7. The number of rotatable bonds is 6. The summed E-state index contributed by atoms with van der Waals surface area (Å²) in [4.78, 5) is 30.6. The molecule has 0 N–H and O–H groups in total. The predicted octanol–water partition coefficient (Wildman–Crippen LogP) is 4.29. The SMILES string of the molecule is C=C/C=C(\C(=C)Cl)c1cc2c(s1)c(=O)n(-c1cc(C)cnc1F)c(=O)n2CCC#N. The van der Waals surface area contributed by atoms with Gasteiger partial charge in [-0.25, -0.2) is 14.3 Å². The Morgan fingerprint density at radius 3 is 2.80 bits per heavy atom. The van der Waals surface area contributed by atoms with Crippen LogP contribution in [0.5, 0.6) is 0 Å². The van der Waals surface area contributed by atoms with E-state index in [1.807, 2.05) is 6.07 Å². The first kappa shape index (κ1) is 21.4. The molecule has 0 radical (unpaired) electrons. The molecule has 3 aromatic heterocycles. The second-order valence-electron chi connectivity index (χ2n) is 6.35. The predicted molar refractivity (Wildman–Crippen MR) is 118 cm³/mol. The van der Waals surface area contributed by atoms with Crippen molar-refractivity contribution in [2.45, 2.75) is 19.9 Å². The van der Waals surface area contributed by atoms with E-state index in [-0.39, 0.29) is 28.4 Å². The van der Waals surface area contributed by atoms with Gasteiger partial charge in [0.05, 0.1) is 18.0 Å². The lowest BCUT2D eigenvalue weighted by molar-refractivity contribution is 0.564. The number of halogens is 2. The van der Waals surface area contributed by atoms with Crippen molar-refractivity contribution in [3.63, 3.8) is 0 Å². The normalized spacial score (nSPS) is 11.5. The number of nitrogens with zero attached hydrogens (tertiary/aromatic N) is 4. The number of thiophene rings is 1. The first-order valence-electron chi connectivity index (χ1n) is 8.76. The van der Waals surface area contributed by atoms with Crippen LogP contribution in [0, 0.1) is 24.2 Å². The van der Waals surface area contributed by atoms with Crippen molar-refractivity contribution in [1.82, 2.24) is 14.1 Å². The molecule has 0 bridgehead atoms. The smallest absolute Gasteiger partial charge is 0.291 e. The van der Waals surface area contributed by atoms with Crippen molar-refractivity contribution < 1.29 is 4.39 Å². The van der Waals surface area contributed by atoms with Crippen LogP contribution in [0.1, 0.15) is 16.9 Å². The van der Waals surface area contributed by atoms with Crippen LogP contribution in [0.15, 0.2) is 58.3 Å². The summed E-state index contributed by atoms with van der Waals surface area (Å²) in [5, 5.41) is 9.24. The van der Waals surface area contributed by atoms with Gasteiger partial charge in [-0.1, -0.05) is 36.9 Å². The van der Waals surface area contributed by atoms with E-state index in [2.05, 4.69) is 18.1 Å². The number of hydrogen-bond donors (Lipinski definition) is 0. The molecule has 0 aliphatic carbocycles. The molecule has 9 heteroatoms. The van der Waals surface area contributed by atoms with Gasteiger partial charge in [0.15, 0.2) is 0 Å². The maximum absolute atomic E-state index is 14.4. The molecule has 3 heterocycles. The molecule has 0 unspecified atom stereocenters. The molecule has 6 nitrogen and oxygen atoms in total. The van der Waals surface area contributed by atoms with E-state index in [1.54, 1.807) is 19.1 Å². The third-order valence-electron chi connectivity index (χ3n) is 4.31. The number of nitriles is 1. The van der Waals surface area contributed by atoms with E-state index < -0.39 is 17.2 Å². The van der Waals surface area contributed by atoms with Gasteiger partial charge in [-0.3, -0.25) is 9.36 Å². The molecule has 3 aromatic rings. The number of pyridine rings is 1. The molecular formula is C21H16ClFN4O2S. The number of aryl methyl sites for hydroxylation is 2. The minimum Gasteiger partial charge on any atom is -0.291 e. The second-order valence-corrected chi connectivity index (χ2v) is 7.86. The van der Waals surface area contributed by atoms with Crippen molar-refractivity contribution in [3.05, 3.63) is 85.9 Å². The van der Waals surface area contributed by atoms with Crippen molar-refractivity contribution >= 4 is 38.7 Å². The molecule has 0 saturated carbocycles. The Balaban J connectivity index is 2.45. The molecule has 0 aliphatic rings. The number of allylic oxidation sites excluding steroid dienone is 4. The minimum atomic E-state index is -0.941. The van der Waals surface area contributed by atoms with E-state index in [0.717, 1.165) is 15.9 Å². The molecule has 0 atom stereocenters. The Morgan fingerprint density at radius 2 is 2.17 bits per heavy atom. The summed E-state index contributed by atoms with van der Waals surface area (Å²) in [5.41, 5.74) is -0.202. The zero-order valence-corrected chi connectivity index (χ0v) is 17.6. The molecular weight excluding hydrogens is 427 g/mol. The molecule has 30 heavy (non-hydrogen) atoms. The van der Waals surface area contributed by atoms with Gasteiger partial charge in [0.2, 0.25) is 5.95 Å². The van der Waals surface area contributed by atoms with Gasteiger partial charge >= 0.3 is 5.69 Å². The van der Waals surface area contributed by atoms with Gasteiger partial charge in [0, 0.05) is 28.2 Å². The van der Waals surface area contributed by atoms with Gasteiger partial charge in [-0.05, 0) is 24.6 Å². The van der Waals surface area contributed by atoms with E-state index in [1.165, 1.54) is 22.9 Å². The van der Waals surface area contributed by atoms with Gasteiger partial charge in [-0.2, -0.15) is 9.65 Å². The van der Waals surface area contributed by atoms with Crippen LogP contribution in [0.4, 0.5) is 4.39 Å². The first-order chi connectivity index (χ1) is 14.3. The highest BCUT2D eigenvalue weighted by Crippen LogP contribution is 2.33. The van der Waals surface area contributed by atoms with E-state index >= 15 is 0 Å². The van der Waals surface area contributed by atoms with Gasteiger partial charge in [0.25, 0.3) is 5.56 Å². The maximum Gasteiger partial charge on any atom is 0.336 e. The van der Waals surface area contributed by atoms with Gasteiger partial charge in [-0.15, -0.1) is 11.3 Å². The fourth-order valence-electron chi connectivity index (χ4n) is 2.99. The van der Waals surface area contributed by atoms with Crippen LogP contribution in [0.2, 0.25) is 0 Å². The summed E-state index contributed by atoms with van der Waals surface area (Å²) in [6.07, 6.45) is 4.51. The van der Waals surface area contributed by atoms with Crippen LogP contribution in [-0.4, -0.2) is 14.1 Å². The van der Waals surface area contributed by atoms with Crippen LogP contribution < -0.4 is 11.2 Å². The van der Waals surface area contributed by atoms with Crippen molar-refractivity contribution in [3.8, 4) is 11.8 Å². The maximum atomic E-state index is 14.4. The van der Waals surface area contributed by atoms with E-state index in [0.29, 0.717) is 21.5 Å². The van der Waals surface area contributed by atoms with Gasteiger partial charge in [0.1, 0.15) is 10.4 Å². The van der Waals surface area contributed by atoms with Gasteiger partial charge < -0.3 is 0 Å². The second kappa shape index (κ2) is 8.61. The Hall–Kier alpha value is -3.28. The average Bonchev–Trinajstić information content (AvgIpc) is 3.13. The lowest BCUT2D eigenvalue weighted by Crippen LogP contribution is -2.39. The molecule has 0 spiro atoms. The third kappa shape index (κ3) is 3.77. The monoisotopic (exact) mass is 442 g/mol. The summed E-state index contributed by atoms with van der Waals surface area (Å²) in [6, 6.07) is 5.00. The quantitative estimate of drug-likeness (QED) is 0.421. The van der Waals surface area contributed by atoms with Crippen LogP contribution in [-0.2, 0) is 6.54 Å². The fraction of sp³-hybridized carbons (Fsp3) is 0.143. The zero-order chi connectivity index (χ0) is 22.0. The Kier molecular flexibility index (Phi) is 6.15. The highest BCUT2D eigenvalue weighted by atomic mass is 35.5. The lowest BCUT2D eigenvalue weighted by Gasteiger charge is -2.11. The standard InChI is InChI=1S/C21H16ClFN4O2S/c1-4-6-14(13(3)22)17-10-15-18(30-17)20(28)27(21(29)26(15)8-5-7-24)16-9-12(2)11-25-19(16)23/h4,6,9-11H,1,3,5,8H2,2H3/b14-6+. The van der Waals surface area contributed by atoms with E-state index in [9.17, 15) is 14.0 Å². The summed E-state index contributed by atoms with van der Waals surface area (Å²) >= 11 is 7.18. The fourth-order valence-corrected chi connectivity index (χ4v) is 4.35. The Morgan fingerprint density at radius 1 is 1.43 bits per heavy atom. The highest BCUT2D eigenvalue weighted by Gasteiger charge is 2.21. The van der Waals surface area contributed by atoms with Crippen LogP contribution in [0.3, 0.4) is 0 Å². The van der Waals surface area contributed by atoms with Crippen LogP contribution in [0.25, 0.3) is 21.5 Å². The molecule has 152 valence electrons. The van der Waals surface area contributed by atoms with E-state index in [4.69, 9.17) is 16.9 Å². The molecule has 0 aliphatic heterocycles. The molecule has 3 rings (SSSR count). The largest absolute Gasteiger partial charge is 0.336 e.